The Bertz CT molecular complexity index is 614. The number of carbonyl (C=O) groups is 2. The van der Waals surface area contributed by atoms with Gasteiger partial charge < -0.3 is 15.1 Å². The van der Waals surface area contributed by atoms with E-state index in [0.717, 1.165) is 37.7 Å². The van der Waals surface area contributed by atoms with E-state index in [1.54, 1.807) is 0 Å². The summed E-state index contributed by atoms with van der Waals surface area (Å²) in [5, 5.41) is 18.9. The lowest BCUT2D eigenvalue weighted by Crippen LogP contribution is -2.43. The third kappa shape index (κ3) is 7.95. The van der Waals surface area contributed by atoms with Gasteiger partial charge in [0.25, 0.3) is 0 Å². The van der Waals surface area contributed by atoms with Crippen LogP contribution in [0.5, 0.6) is 0 Å². The van der Waals surface area contributed by atoms with Crippen LogP contribution in [-0.2, 0) is 16.0 Å². The number of carboxylic acids is 1. The van der Waals surface area contributed by atoms with E-state index in [2.05, 4.69) is 0 Å². The van der Waals surface area contributed by atoms with E-state index >= 15 is 0 Å². The molecule has 0 spiro atoms. The van der Waals surface area contributed by atoms with Gasteiger partial charge in [-0.2, -0.15) is 0 Å². The number of carboxylic acid groups (broad SMARTS) is 1. The van der Waals surface area contributed by atoms with E-state index in [-0.39, 0.29) is 18.4 Å². The molecule has 2 rings (SSSR count). The first-order valence-corrected chi connectivity index (χ1v) is 9.98. The number of carbonyl (C=O) groups excluding carboxylic acids is 1. The minimum absolute atomic E-state index is 0.0516. The lowest BCUT2D eigenvalue weighted by molar-refractivity contribution is -0.137. The largest absolute Gasteiger partial charge is 0.481 e. The number of piperidine rings is 1. The minimum atomic E-state index is -0.750. The summed E-state index contributed by atoms with van der Waals surface area (Å²) in [5.74, 6) is -0.570. The Morgan fingerprint density at radius 2 is 1.93 bits per heavy atom. The van der Waals surface area contributed by atoms with Crippen LogP contribution in [0.25, 0.3) is 0 Å². The molecular formula is C22H31NO4. The molecule has 2 atom stereocenters. The van der Waals surface area contributed by atoms with Crippen molar-refractivity contribution >= 4 is 11.9 Å². The molecule has 0 radical (unpaired) electrons. The summed E-state index contributed by atoms with van der Waals surface area (Å²) in [6, 6.07) is 9.93. The van der Waals surface area contributed by atoms with Gasteiger partial charge in [0.2, 0.25) is 5.91 Å². The van der Waals surface area contributed by atoms with Crippen molar-refractivity contribution in [3.05, 3.63) is 48.0 Å². The first-order valence-electron chi connectivity index (χ1n) is 9.98. The van der Waals surface area contributed by atoms with Crippen LogP contribution in [-0.4, -0.2) is 45.7 Å². The molecule has 0 aliphatic carbocycles. The molecule has 148 valence electrons. The number of nitrogens with zero attached hydrogens (tertiary/aromatic N) is 1. The topological polar surface area (TPSA) is 77.8 Å². The molecule has 5 heteroatoms. The molecule has 0 saturated carbocycles. The first kappa shape index (κ1) is 21.2. The van der Waals surface area contributed by atoms with Crippen molar-refractivity contribution in [1.82, 2.24) is 4.90 Å². The number of hydrogen-bond acceptors (Lipinski definition) is 3. The van der Waals surface area contributed by atoms with Crippen molar-refractivity contribution in [2.75, 3.05) is 6.54 Å². The Kier molecular flexibility index (Phi) is 9.05. The fourth-order valence-electron chi connectivity index (χ4n) is 3.53. The molecule has 1 aromatic rings. The zero-order chi connectivity index (χ0) is 19.5. The molecular weight excluding hydrogens is 342 g/mol. The quantitative estimate of drug-likeness (QED) is 0.459. The predicted molar refractivity (Wildman–Crippen MR) is 105 cm³/mol. The standard InChI is InChI=1S/C22H31NO4/c24-20(17-18-9-4-3-5-10-18)15-14-19-11-8-12-21(25)23(19)16-7-2-1-6-13-22(26)27/h3-5,9-10,14-15,19-20,24H,1-2,6-8,11-13,16-17H2,(H,26,27)/b15-14+. The second-order valence-electron chi connectivity index (χ2n) is 7.25. The summed E-state index contributed by atoms with van der Waals surface area (Å²) in [6.45, 7) is 0.704. The van der Waals surface area contributed by atoms with E-state index in [4.69, 9.17) is 5.11 Å². The molecule has 5 nitrogen and oxygen atoms in total. The number of likely N-dealkylation sites (tertiary alicyclic amines) is 1. The Morgan fingerprint density at radius 1 is 1.19 bits per heavy atom. The molecule has 1 heterocycles. The highest BCUT2D eigenvalue weighted by Crippen LogP contribution is 2.21. The van der Waals surface area contributed by atoms with Crippen LogP contribution in [0.4, 0.5) is 0 Å². The van der Waals surface area contributed by atoms with E-state index in [1.807, 2.05) is 47.4 Å². The van der Waals surface area contributed by atoms with E-state index in [0.29, 0.717) is 25.8 Å². The number of amides is 1. The molecule has 27 heavy (non-hydrogen) atoms. The molecule has 0 aromatic heterocycles. The van der Waals surface area contributed by atoms with Crippen LogP contribution in [0.15, 0.2) is 42.5 Å². The Balaban J connectivity index is 1.79. The van der Waals surface area contributed by atoms with Crippen LogP contribution in [0.3, 0.4) is 0 Å². The number of unbranched alkanes of at least 4 members (excludes halogenated alkanes) is 3. The van der Waals surface area contributed by atoms with Crippen LogP contribution >= 0.6 is 0 Å². The maximum absolute atomic E-state index is 12.3. The van der Waals surface area contributed by atoms with Gasteiger partial charge in [0.05, 0.1) is 12.1 Å². The van der Waals surface area contributed by atoms with E-state index in [1.165, 1.54) is 0 Å². The number of rotatable bonds is 11. The third-order valence-corrected chi connectivity index (χ3v) is 4.99. The normalized spacial score (nSPS) is 18.8. The van der Waals surface area contributed by atoms with Crippen molar-refractivity contribution in [3.63, 3.8) is 0 Å². The van der Waals surface area contributed by atoms with Gasteiger partial charge in [-0.05, 0) is 31.2 Å². The van der Waals surface area contributed by atoms with Gasteiger partial charge in [0.15, 0.2) is 0 Å². The zero-order valence-electron chi connectivity index (χ0n) is 15.9. The average molecular weight is 373 g/mol. The summed E-state index contributed by atoms with van der Waals surface area (Å²) in [4.78, 5) is 24.8. The summed E-state index contributed by atoms with van der Waals surface area (Å²) in [7, 11) is 0. The second-order valence-corrected chi connectivity index (χ2v) is 7.25. The molecule has 1 aromatic carbocycles. The van der Waals surface area contributed by atoms with Crippen molar-refractivity contribution < 1.29 is 19.8 Å². The van der Waals surface area contributed by atoms with Crippen LogP contribution < -0.4 is 0 Å². The highest BCUT2D eigenvalue weighted by atomic mass is 16.4. The number of aliphatic hydroxyl groups is 1. The number of hydrogen-bond donors (Lipinski definition) is 2. The van der Waals surface area contributed by atoms with Crippen molar-refractivity contribution in [2.24, 2.45) is 0 Å². The zero-order valence-corrected chi connectivity index (χ0v) is 15.9. The molecule has 2 N–H and O–H groups in total. The molecule has 1 amide bonds. The van der Waals surface area contributed by atoms with Crippen molar-refractivity contribution in [2.45, 2.75) is 69.9 Å². The van der Waals surface area contributed by atoms with Crippen molar-refractivity contribution in [1.29, 1.82) is 0 Å². The third-order valence-electron chi connectivity index (χ3n) is 4.99. The van der Waals surface area contributed by atoms with Crippen LogP contribution in [0.2, 0.25) is 0 Å². The molecule has 2 unspecified atom stereocenters. The Hall–Kier alpha value is -2.14. The van der Waals surface area contributed by atoms with E-state index in [9.17, 15) is 14.7 Å². The average Bonchev–Trinajstić information content (AvgIpc) is 2.65. The molecule has 1 fully saturated rings. The van der Waals surface area contributed by atoms with Gasteiger partial charge in [0.1, 0.15) is 0 Å². The predicted octanol–water partition coefficient (Wildman–Crippen LogP) is 3.56. The lowest BCUT2D eigenvalue weighted by Gasteiger charge is -2.34. The van der Waals surface area contributed by atoms with Gasteiger partial charge >= 0.3 is 5.97 Å². The first-order chi connectivity index (χ1) is 13.1. The summed E-state index contributed by atoms with van der Waals surface area (Å²) in [6.07, 6.45) is 9.84. The van der Waals surface area contributed by atoms with Gasteiger partial charge in [-0.3, -0.25) is 9.59 Å². The second kappa shape index (κ2) is 11.5. The van der Waals surface area contributed by atoms with Gasteiger partial charge in [0, 0.05) is 25.8 Å². The maximum Gasteiger partial charge on any atom is 0.303 e. The Labute approximate surface area is 161 Å². The van der Waals surface area contributed by atoms with Gasteiger partial charge in [-0.1, -0.05) is 55.3 Å². The summed E-state index contributed by atoms with van der Waals surface area (Å²) >= 11 is 0. The highest BCUT2D eigenvalue weighted by Gasteiger charge is 2.25. The molecule has 0 bridgehead atoms. The fourth-order valence-corrected chi connectivity index (χ4v) is 3.53. The van der Waals surface area contributed by atoms with Gasteiger partial charge in [-0.15, -0.1) is 0 Å². The minimum Gasteiger partial charge on any atom is -0.481 e. The number of aliphatic hydroxyl groups excluding tert-OH is 1. The SMILES string of the molecule is O=C(O)CCCCCCN1C(=O)CCCC1/C=C/C(O)Cc1ccccc1. The smallest absolute Gasteiger partial charge is 0.303 e. The Morgan fingerprint density at radius 3 is 2.67 bits per heavy atom. The van der Waals surface area contributed by atoms with E-state index < -0.39 is 12.1 Å². The molecule has 1 aliphatic rings. The highest BCUT2D eigenvalue weighted by molar-refractivity contribution is 5.77. The summed E-state index contributed by atoms with van der Waals surface area (Å²) < 4.78 is 0. The monoisotopic (exact) mass is 373 g/mol. The maximum atomic E-state index is 12.3. The lowest BCUT2D eigenvalue weighted by atomic mass is 9.99. The fraction of sp³-hybridized carbons (Fsp3) is 0.545. The van der Waals surface area contributed by atoms with Crippen LogP contribution in [0, 0.1) is 0 Å². The number of benzene rings is 1. The molecule has 1 saturated heterocycles. The van der Waals surface area contributed by atoms with Crippen molar-refractivity contribution in [3.8, 4) is 0 Å². The van der Waals surface area contributed by atoms with Crippen LogP contribution in [0.1, 0.15) is 56.9 Å². The van der Waals surface area contributed by atoms with Gasteiger partial charge in [-0.25, -0.2) is 0 Å². The molecule has 1 aliphatic heterocycles. The summed E-state index contributed by atoms with van der Waals surface area (Å²) in [5.41, 5.74) is 1.09. The number of aliphatic carboxylic acids is 1.